The van der Waals surface area contributed by atoms with Crippen molar-refractivity contribution < 1.29 is 22.8 Å². The van der Waals surface area contributed by atoms with Crippen molar-refractivity contribution in [1.29, 1.82) is 0 Å². The second-order valence-electron chi connectivity index (χ2n) is 6.64. The van der Waals surface area contributed by atoms with Gasteiger partial charge in [0.25, 0.3) is 5.91 Å². The van der Waals surface area contributed by atoms with E-state index in [-0.39, 0.29) is 17.4 Å². The fourth-order valence-corrected chi connectivity index (χ4v) is 3.11. The molecule has 5 nitrogen and oxygen atoms in total. The van der Waals surface area contributed by atoms with Crippen molar-refractivity contribution in [2.24, 2.45) is 0 Å². The third-order valence-electron chi connectivity index (χ3n) is 4.15. The Kier molecular flexibility index (Phi) is 5.67. The van der Waals surface area contributed by atoms with Crippen LogP contribution >= 0.6 is 0 Å². The number of carbonyl (C=O) groups is 2. The van der Waals surface area contributed by atoms with Crippen LogP contribution in [0.4, 0.5) is 24.5 Å². The third kappa shape index (κ3) is 4.50. The average Bonchev–Trinajstić information content (AvgIpc) is 2.82. The average molecular weight is 381 g/mol. The number of hydrogen-bond donors (Lipinski definition) is 2. The summed E-state index contributed by atoms with van der Waals surface area (Å²) in [5, 5.41) is 4.93. The number of anilines is 2. The molecular formula is C19H22F3N3O2. The minimum atomic E-state index is -4.57. The lowest BCUT2D eigenvalue weighted by Gasteiger charge is -2.16. The fourth-order valence-electron chi connectivity index (χ4n) is 3.11. The first-order valence-electron chi connectivity index (χ1n) is 8.40. The molecular weight excluding hydrogens is 359 g/mol. The number of amides is 2. The van der Waals surface area contributed by atoms with Crippen LogP contribution in [0, 0.1) is 13.8 Å². The molecule has 27 heavy (non-hydrogen) atoms. The second-order valence-corrected chi connectivity index (χ2v) is 6.64. The molecule has 1 aromatic carbocycles. The van der Waals surface area contributed by atoms with Gasteiger partial charge in [0.1, 0.15) is 0 Å². The van der Waals surface area contributed by atoms with Crippen LogP contribution in [0.5, 0.6) is 0 Å². The van der Waals surface area contributed by atoms with Gasteiger partial charge in [-0.3, -0.25) is 9.59 Å². The minimum absolute atomic E-state index is 0.0986. The Labute approximate surface area is 155 Å². The molecule has 0 aliphatic heterocycles. The molecule has 0 atom stereocenters. The van der Waals surface area contributed by atoms with Crippen molar-refractivity contribution in [1.82, 2.24) is 4.57 Å². The summed E-state index contributed by atoms with van der Waals surface area (Å²) in [5.74, 6) is -0.996. The molecule has 0 aliphatic rings. The normalized spacial score (nSPS) is 11.6. The zero-order valence-corrected chi connectivity index (χ0v) is 15.8. The summed E-state index contributed by atoms with van der Waals surface area (Å²) in [4.78, 5) is 24.0. The Balaban J connectivity index is 2.44. The minimum Gasteiger partial charge on any atom is -0.346 e. The molecule has 0 bridgehead atoms. The fraction of sp³-hybridized carbons (Fsp3) is 0.368. The number of aryl methyl sites for hydroxylation is 1. The van der Waals surface area contributed by atoms with E-state index in [1.54, 1.807) is 13.0 Å². The van der Waals surface area contributed by atoms with Gasteiger partial charge in [-0.2, -0.15) is 13.2 Å². The Bertz CT molecular complexity index is 883. The highest BCUT2D eigenvalue weighted by atomic mass is 19.4. The first-order chi connectivity index (χ1) is 12.4. The van der Waals surface area contributed by atoms with Crippen molar-refractivity contribution in [3.8, 4) is 0 Å². The van der Waals surface area contributed by atoms with E-state index >= 15 is 0 Å². The van der Waals surface area contributed by atoms with Gasteiger partial charge in [0, 0.05) is 24.4 Å². The number of aromatic nitrogens is 1. The summed E-state index contributed by atoms with van der Waals surface area (Å²) in [6, 6.07) is 4.61. The molecule has 2 amide bonds. The Morgan fingerprint density at radius 2 is 1.67 bits per heavy atom. The Morgan fingerprint density at radius 3 is 2.15 bits per heavy atom. The molecule has 2 N–H and O–H groups in total. The number of hydrogen-bond acceptors (Lipinski definition) is 2. The molecule has 1 heterocycles. The van der Waals surface area contributed by atoms with Gasteiger partial charge < -0.3 is 15.2 Å². The van der Waals surface area contributed by atoms with E-state index in [0.29, 0.717) is 11.3 Å². The second kappa shape index (κ2) is 7.46. The van der Waals surface area contributed by atoms with Gasteiger partial charge in [-0.15, -0.1) is 0 Å². The Morgan fingerprint density at radius 1 is 1.04 bits per heavy atom. The molecule has 0 saturated carbocycles. The summed E-state index contributed by atoms with van der Waals surface area (Å²) < 4.78 is 41.1. The van der Waals surface area contributed by atoms with Crippen molar-refractivity contribution in [2.45, 2.75) is 46.8 Å². The predicted molar refractivity (Wildman–Crippen MR) is 98.0 cm³/mol. The van der Waals surface area contributed by atoms with Gasteiger partial charge in [0.15, 0.2) is 0 Å². The topological polar surface area (TPSA) is 63.1 Å². The lowest BCUT2D eigenvalue weighted by molar-refractivity contribution is -0.137. The molecule has 0 unspecified atom stereocenters. The zero-order valence-electron chi connectivity index (χ0n) is 15.8. The third-order valence-corrected chi connectivity index (χ3v) is 4.15. The lowest BCUT2D eigenvalue weighted by Crippen LogP contribution is -2.17. The van der Waals surface area contributed by atoms with Gasteiger partial charge >= 0.3 is 6.18 Å². The van der Waals surface area contributed by atoms with E-state index in [1.165, 1.54) is 6.92 Å². The molecule has 0 spiro atoms. The Hall–Kier alpha value is -2.77. The van der Waals surface area contributed by atoms with Gasteiger partial charge in [0.2, 0.25) is 5.91 Å². The lowest BCUT2D eigenvalue weighted by atomic mass is 10.1. The van der Waals surface area contributed by atoms with E-state index in [1.807, 2.05) is 25.3 Å². The van der Waals surface area contributed by atoms with Crippen molar-refractivity contribution in [3.05, 3.63) is 46.8 Å². The first-order valence-corrected chi connectivity index (χ1v) is 8.40. The van der Waals surface area contributed by atoms with E-state index in [0.717, 1.165) is 23.9 Å². The van der Waals surface area contributed by atoms with Crippen LogP contribution in [-0.2, 0) is 11.0 Å². The van der Waals surface area contributed by atoms with Crippen LogP contribution in [0.25, 0.3) is 0 Å². The number of benzene rings is 1. The molecule has 8 heteroatoms. The maximum Gasteiger partial charge on any atom is 0.416 e. The summed E-state index contributed by atoms with van der Waals surface area (Å²) in [6.45, 7) is 8.83. The summed E-state index contributed by atoms with van der Waals surface area (Å²) in [5.41, 5.74) is 1.03. The van der Waals surface area contributed by atoms with Gasteiger partial charge in [-0.1, -0.05) is 0 Å². The quantitative estimate of drug-likeness (QED) is 0.790. The van der Waals surface area contributed by atoms with Crippen LogP contribution in [-0.4, -0.2) is 16.4 Å². The predicted octanol–water partition coefficient (Wildman–Crippen LogP) is 4.92. The molecule has 0 aliphatic carbocycles. The van der Waals surface area contributed by atoms with Crippen LogP contribution in [0.1, 0.15) is 54.1 Å². The SMILES string of the molecule is CC(=O)Nc1ccc(C(F)(F)F)cc1NC(=O)c1cc(C)n(C(C)C)c1C. The molecule has 0 radical (unpaired) electrons. The number of carbonyl (C=O) groups excluding carboxylic acids is 2. The maximum atomic E-state index is 13.0. The van der Waals surface area contributed by atoms with E-state index in [9.17, 15) is 22.8 Å². The molecule has 0 fully saturated rings. The standard InChI is InChI=1S/C19H22F3N3O2/c1-10(2)25-11(3)8-15(12(25)4)18(27)24-17-9-14(19(20,21)22)6-7-16(17)23-13(5)26/h6-10H,1-5H3,(H,23,26)(H,24,27). The van der Waals surface area contributed by atoms with Crippen LogP contribution < -0.4 is 10.6 Å². The largest absolute Gasteiger partial charge is 0.416 e. The van der Waals surface area contributed by atoms with Crippen molar-refractivity contribution in [2.75, 3.05) is 10.6 Å². The molecule has 146 valence electrons. The highest BCUT2D eigenvalue weighted by molar-refractivity contribution is 6.08. The monoisotopic (exact) mass is 381 g/mol. The van der Waals surface area contributed by atoms with E-state index in [4.69, 9.17) is 0 Å². The van der Waals surface area contributed by atoms with Gasteiger partial charge in [-0.25, -0.2) is 0 Å². The summed E-state index contributed by atoms with van der Waals surface area (Å²) in [6.07, 6.45) is -4.57. The van der Waals surface area contributed by atoms with Gasteiger partial charge in [-0.05, 0) is 52.0 Å². The number of nitrogens with one attached hydrogen (secondary N) is 2. The van der Waals surface area contributed by atoms with Crippen LogP contribution in [0.15, 0.2) is 24.3 Å². The van der Waals surface area contributed by atoms with Crippen LogP contribution in [0.3, 0.4) is 0 Å². The molecule has 2 aromatic rings. The molecule has 1 aromatic heterocycles. The van der Waals surface area contributed by atoms with E-state index in [2.05, 4.69) is 10.6 Å². The van der Waals surface area contributed by atoms with Gasteiger partial charge in [0.05, 0.1) is 22.5 Å². The van der Waals surface area contributed by atoms with E-state index < -0.39 is 23.6 Å². The number of nitrogens with zero attached hydrogens (tertiary/aromatic N) is 1. The molecule has 2 rings (SSSR count). The summed E-state index contributed by atoms with van der Waals surface area (Å²) in [7, 11) is 0. The highest BCUT2D eigenvalue weighted by Gasteiger charge is 2.31. The summed E-state index contributed by atoms with van der Waals surface area (Å²) >= 11 is 0. The molecule has 0 saturated heterocycles. The number of rotatable bonds is 4. The van der Waals surface area contributed by atoms with Crippen LogP contribution in [0.2, 0.25) is 0 Å². The number of halogens is 3. The smallest absolute Gasteiger partial charge is 0.346 e. The van der Waals surface area contributed by atoms with Crippen molar-refractivity contribution in [3.63, 3.8) is 0 Å². The first kappa shape index (κ1) is 20.5. The maximum absolute atomic E-state index is 13.0. The van der Waals surface area contributed by atoms with Crippen molar-refractivity contribution >= 4 is 23.2 Å². The zero-order chi connectivity index (χ0) is 20.5. The highest BCUT2D eigenvalue weighted by Crippen LogP contribution is 2.34. The number of alkyl halides is 3.